The van der Waals surface area contributed by atoms with Crippen LogP contribution in [0.25, 0.3) is 17.1 Å². The van der Waals surface area contributed by atoms with Crippen LogP contribution >= 0.6 is 23.4 Å². The molecule has 1 aliphatic rings. The molecule has 1 atom stereocenters. The fourth-order valence-corrected chi connectivity index (χ4v) is 5.06. The first-order chi connectivity index (χ1) is 14.1. The molecule has 3 aromatic rings. The van der Waals surface area contributed by atoms with Gasteiger partial charge in [-0.1, -0.05) is 35.9 Å². The van der Waals surface area contributed by atoms with Gasteiger partial charge in [-0.3, -0.25) is 9.55 Å². The molecule has 4 rings (SSSR count). The van der Waals surface area contributed by atoms with E-state index in [1.165, 1.54) is 25.8 Å². The quantitative estimate of drug-likeness (QED) is 0.502. The van der Waals surface area contributed by atoms with Crippen molar-refractivity contribution in [2.24, 2.45) is 0 Å². The van der Waals surface area contributed by atoms with Crippen LogP contribution in [0.3, 0.4) is 0 Å². The number of pyridine rings is 1. The number of piperidine rings is 1. The van der Waals surface area contributed by atoms with E-state index in [9.17, 15) is 0 Å². The Bertz CT molecular complexity index is 959. The number of thioether (sulfide) groups is 1. The largest absolute Gasteiger partial charge is 0.303 e. The molecule has 0 spiro atoms. The maximum Gasteiger partial charge on any atom is 0.196 e. The molecule has 152 valence electrons. The third kappa shape index (κ3) is 4.49. The van der Waals surface area contributed by atoms with Crippen molar-refractivity contribution in [2.45, 2.75) is 43.8 Å². The van der Waals surface area contributed by atoms with E-state index >= 15 is 0 Å². The van der Waals surface area contributed by atoms with Gasteiger partial charge in [0, 0.05) is 34.8 Å². The highest BCUT2D eigenvalue weighted by atomic mass is 35.5. The minimum atomic E-state index is 0.667. The van der Waals surface area contributed by atoms with E-state index in [0.29, 0.717) is 6.04 Å². The molecular formula is C22H26ClN5S. The predicted molar refractivity (Wildman–Crippen MR) is 120 cm³/mol. The monoisotopic (exact) mass is 427 g/mol. The van der Waals surface area contributed by atoms with Crippen molar-refractivity contribution in [3.8, 4) is 17.1 Å². The SMILES string of the molecule is Cc1c(Cl)cccc1-n1c(SCCC2CCCCN2C)nnc1-c1ccncc1. The maximum atomic E-state index is 6.43. The van der Waals surface area contributed by atoms with Gasteiger partial charge in [-0.25, -0.2) is 0 Å². The van der Waals surface area contributed by atoms with E-state index in [4.69, 9.17) is 11.6 Å². The van der Waals surface area contributed by atoms with E-state index in [2.05, 4.69) is 37.8 Å². The predicted octanol–water partition coefficient (Wildman–Crippen LogP) is 5.26. The molecule has 7 heteroatoms. The van der Waals surface area contributed by atoms with Gasteiger partial charge < -0.3 is 4.90 Å². The molecule has 1 unspecified atom stereocenters. The molecule has 1 fully saturated rings. The number of halogens is 1. The Morgan fingerprint density at radius 2 is 1.97 bits per heavy atom. The van der Waals surface area contributed by atoms with Crippen LogP contribution in [0.5, 0.6) is 0 Å². The number of nitrogens with zero attached hydrogens (tertiary/aromatic N) is 5. The van der Waals surface area contributed by atoms with Gasteiger partial charge in [0.05, 0.1) is 5.69 Å². The number of rotatable bonds is 6. The molecule has 0 bridgehead atoms. The van der Waals surface area contributed by atoms with Crippen LogP contribution in [-0.2, 0) is 0 Å². The lowest BCUT2D eigenvalue weighted by atomic mass is 10.0. The average Bonchev–Trinajstić information content (AvgIpc) is 3.16. The standard InChI is InChI=1S/C22H26ClN5S/c1-16-19(23)7-5-8-20(16)28-21(17-9-12-24-13-10-17)25-26-22(28)29-15-11-18-6-3-4-14-27(18)2/h5,7-10,12-13,18H,3-4,6,11,14-15H2,1-2H3. The van der Waals surface area contributed by atoms with E-state index in [0.717, 1.165) is 45.0 Å². The Kier molecular flexibility index (Phi) is 6.53. The highest BCUT2D eigenvalue weighted by Crippen LogP contribution is 2.32. The van der Waals surface area contributed by atoms with E-state index in [1.54, 1.807) is 24.2 Å². The lowest BCUT2D eigenvalue weighted by Crippen LogP contribution is -2.36. The second-order valence-corrected chi connectivity index (χ2v) is 9.00. The molecule has 0 saturated carbocycles. The average molecular weight is 428 g/mol. The Morgan fingerprint density at radius 1 is 1.14 bits per heavy atom. The van der Waals surface area contributed by atoms with Crippen LogP contribution in [0, 0.1) is 6.92 Å². The molecule has 1 saturated heterocycles. The number of hydrogen-bond donors (Lipinski definition) is 0. The first kappa shape index (κ1) is 20.4. The zero-order chi connectivity index (χ0) is 20.2. The lowest BCUT2D eigenvalue weighted by molar-refractivity contribution is 0.182. The Hall–Kier alpha value is -1.89. The molecule has 1 aromatic carbocycles. The fraction of sp³-hybridized carbons (Fsp3) is 0.409. The molecular weight excluding hydrogens is 402 g/mol. The highest BCUT2D eigenvalue weighted by molar-refractivity contribution is 7.99. The fourth-order valence-electron chi connectivity index (χ4n) is 3.90. The summed E-state index contributed by atoms with van der Waals surface area (Å²) in [7, 11) is 2.24. The van der Waals surface area contributed by atoms with Crippen LogP contribution in [0.15, 0.2) is 47.9 Å². The van der Waals surface area contributed by atoms with Crippen LogP contribution in [0.4, 0.5) is 0 Å². The van der Waals surface area contributed by atoms with Gasteiger partial charge >= 0.3 is 0 Å². The van der Waals surface area contributed by atoms with Gasteiger partial charge in [-0.2, -0.15) is 0 Å². The Morgan fingerprint density at radius 3 is 2.76 bits per heavy atom. The van der Waals surface area contributed by atoms with E-state index in [1.807, 2.05) is 31.2 Å². The molecule has 0 radical (unpaired) electrons. The Labute approximate surface area is 181 Å². The normalized spacial score (nSPS) is 17.6. The van der Waals surface area contributed by atoms with E-state index in [-0.39, 0.29) is 0 Å². The number of aromatic nitrogens is 4. The summed E-state index contributed by atoms with van der Waals surface area (Å²) in [6.45, 7) is 3.25. The zero-order valence-corrected chi connectivity index (χ0v) is 18.5. The summed E-state index contributed by atoms with van der Waals surface area (Å²) < 4.78 is 2.13. The molecule has 0 aliphatic carbocycles. The molecule has 1 aliphatic heterocycles. The van der Waals surface area contributed by atoms with Crippen molar-refractivity contribution in [2.75, 3.05) is 19.3 Å². The summed E-state index contributed by atoms with van der Waals surface area (Å²) in [5.41, 5.74) is 3.04. The summed E-state index contributed by atoms with van der Waals surface area (Å²) in [5.74, 6) is 1.83. The van der Waals surface area contributed by atoms with E-state index < -0.39 is 0 Å². The van der Waals surface area contributed by atoms with Crippen LogP contribution in [0.2, 0.25) is 5.02 Å². The highest BCUT2D eigenvalue weighted by Gasteiger charge is 2.21. The number of hydrogen-bond acceptors (Lipinski definition) is 5. The van der Waals surface area contributed by atoms with Gasteiger partial charge in [-0.05, 0) is 69.6 Å². The Balaban J connectivity index is 1.63. The van der Waals surface area contributed by atoms with Crippen molar-refractivity contribution in [1.82, 2.24) is 24.6 Å². The zero-order valence-electron chi connectivity index (χ0n) is 16.9. The van der Waals surface area contributed by atoms with Crippen LogP contribution in [-0.4, -0.2) is 50.0 Å². The van der Waals surface area contributed by atoms with Gasteiger partial charge in [-0.15, -0.1) is 10.2 Å². The van der Waals surface area contributed by atoms with Gasteiger partial charge in [0.15, 0.2) is 11.0 Å². The van der Waals surface area contributed by atoms with Crippen LogP contribution < -0.4 is 0 Å². The summed E-state index contributed by atoms with van der Waals surface area (Å²) >= 11 is 8.20. The van der Waals surface area contributed by atoms with Crippen molar-refractivity contribution < 1.29 is 0 Å². The third-order valence-corrected chi connectivity index (χ3v) is 7.03. The summed E-state index contributed by atoms with van der Waals surface area (Å²) in [6, 6.07) is 10.6. The van der Waals surface area contributed by atoms with Gasteiger partial charge in [0.2, 0.25) is 0 Å². The van der Waals surface area contributed by atoms with Gasteiger partial charge in [0.1, 0.15) is 0 Å². The minimum Gasteiger partial charge on any atom is -0.303 e. The first-order valence-corrected chi connectivity index (χ1v) is 11.5. The lowest BCUT2D eigenvalue weighted by Gasteiger charge is -2.32. The van der Waals surface area contributed by atoms with Crippen molar-refractivity contribution in [3.05, 3.63) is 53.3 Å². The third-order valence-electron chi connectivity index (χ3n) is 5.66. The van der Waals surface area contributed by atoms with Crippen molar-refractivity contribution >= 4 is 23.4 Å². The maximum absolute atomic E-state index is 6.43. The molecule has 5 nitrogen and oxygen atoms in total. The van der Waals surface area contributed by atoms with Crippen LogP contribution in [0.1, 0.15) is 31.2 Å². The second kappa shape index (κ2) is 9.28. The second-order valence-electron chi connectivity index (χ2n) is 7.53. The molecule has 3 heterocycles. The molecule has 0 N–H and O–H groups in total. The number of likely N-dealkylation sites (tertiary alicyclic amines) is 1. The smallest absolute Gasteiger partial charge is 0.196 e. The summed E-state index contributed by atoms with van der Waals surface area (Å²) in [4.78, 5) is 6.63. The minimum absolute atomic E-state index is 0.667. The topological polar surface area (TPSA) is 46.8 Å². The summed E-state index contributed by atoms with van der Waals surface area (Å²) in [6.07, 6.45) is 8.67. The van der Waals surface area contributed by atoms with Crippen molar-refractivity contribution in [1.29, 1.82) is 0 Å². The summed E-state index contributed by atoms with van der Waals surface area (Å²) in [5, 5.41) is 10.7. The molecule has 0 amide bonds. The molecule has 2 aromatic heterocycles. The first-order valence-electron chi connectivity index (χ1n) is 10.1. The number of benzene rings is 1. The van der Waals surface area contributed by atoms with Gasteiger partial charge in [0.25, 0.3) is 0 Å². The molecule has 29 heavy (non-hydrogen) atoms. The van der Waals surface area contributed by atoms with Crippen molar-refractivity contribution in [3.63, 3.8) is 0 Å².